The van der Waals surface area contributed by atoms with Crippen molar-refractivity contribution in [2.45, 2.75) is 31.8 Å². The van der Waals surface area contributed by atoms with E-state index in [0.29, 0.717) is 24.4 Å². The smallest absolute Gasteiger partial charge is 0.197 e. The summed E-state index contributed by atoms with van der Waals surface area (Å²) >= 11 is 0. The van der Waals surface area contributed by atoms with Gasteiger partial charge in [0.25, 0.3) is 0 Å². The number of phenolic OH excluding ortho intramolecular Hbond substituents is 1. The van der Waals surface area contributed by atoms with Gasteiger partial charge >= 0.3 is 0 Å². The number of ketones is 1. The molecule has 1 atom stereocenters. The molecule has 0 bridgehead atoms. The lowest BCUT2D eigenvalue weighted by molar-refractivity contribution is -0.127. The number of phenols is 1. The first-order chi connectivity index (χ1) is 12.6. The first-order valence-electron chi connectivity index (χ1n) is 8.67. The lowest BCUT2D eigenvalue weighted by Gasteiger charge is -2.22. The number of hydrogen-bond acceptors (Lipinski definition) is 5. The van der Waals surface area contributed by atoms with E-state index in [1.165, 1.54) is 12.1 Å². The fourth-order valence-corrected chi connectivity index (χ4v) is 3.30. The summed E-state index contributed by atoms with van der Waals surface area (Å²) in [6, 6.07) is 13.5. The Morgan fingerprint density at radius 2 is 1.85 bits per heavy atom. The first kappa shape index (κ1) is 16.4. The van der Waals surface area contributed by atoms with E-state index in [4.69, 9.17) is 9.15 Å². The summed E-state index contributed by atoms with van der Waals surface area (Å²) in [7, 11) is 0. The normalized spacial score (nSPS) is 17.4. The molecule has 1 N–H and O–H groups in total. The molecule has 1 heterocycles. The second-order valence-electron chi connectivity index (χ2n) is 6.48. The minimum atomic E-state index is -0.510. The van der Waals surface area contributed by atoms with Crippen molar-refractivity contribution in [3.05, 3.63) is 58.8 Å². The second-order valence-corrected chi connectivity index (χ2v) is 6.48. The van der Waals surface area contributed by atoms with Gasteiger partial charge in [-0.25, -0.2) is 0 Å². The van der Waals surface area contributed by atoms with Crippen molar-refractivity contribution in [3.63, 3.8) is 0 Å². The van der Waals surface area contributed by atoms with Crippen LogP contribution in [0.1, 0.15) is 25.7 Å². The third kappa shape index (κ3) is 3.08. The highest BCUT2D eigenvalue weighted by molar-refractivity contribution is 5.87. The quantitative estimate of drug-likeness (QED) is 0.771. The molecule has 1 aromatic heterocycles. The van der Waals surface area contributed by atoms with E-state index in [1.54, 1.807) is 6.07 Å². The van der Waals surface area contributed by atoms with Gasteiger partial charge in [-0.05, 0) is 19.3 Å². The first-order valence-corrected chi connectivity index (χ1v) is 8.67. The lowest BCUT2D eigenvalue weighted by atomic mass is 9.96. The molecule has 0 aliphatic heterocycles. The zero-order valence-corrected chi connectivity index (χ0v) is 14.1. The van der Waals surface area contributed by atoms with Gasteiger partial charge in [-0.3, -0.25) is 9.59 Å². The molecule has 1 fully saturated rings. The summed E-state index contributed by atoms with van der Waals surface area (Å²) in [5.74, 6) is 0.585. The van der Waals surface area contributed by atoms with E-state index >= 15 is 0 Å². The molecule has 4 rings (SSSR count). The Morgan fingerprint density at radius 3 is 2.62 bits per heavy atom. The average Bonchev–Trinajstić information content (AvgIpc) is 2.64. The van der Waals surface area contributed by atoms with Gasteiger partial charge in [0.15, 0.2) is 17.3 Å². The molecule has 1 aliphatic carbocycles. The van der Waals surface area contributed by atoms with E-state index in [2.05, 4.69) is 0 Å². The predicted molar refractivity (Wildman–Crippen MR) is 97.5 cm³/mol. The maximum absolute atomic E-state index is 12.4. The summed E-state index contributed by atoms with van der Waals surface area (Å²) in [6.07, 6.45) is 2.48. The number of ether oxygens (including phenoxy) is 1. The number of Topliss-reactive ketones (excluding diaryl/α,β-unsaturated/α-hetero) is 1. The topological polar surface area (TPSA) is 76.7 Å². The number of aromatic hydroxyl groups is 1. The van der Waals surface area contributed by atoms with Gasteiger partial charge in [-0.2, -0.15) is 0 Å². The van der Waals surface area contributed by atoms with Crippen LogP contribution in [0.25, 0.3) is 22.3 Å². The molecule has 5 heteroatoms. The van der Waals surface area contributed by atoms with Gasteiger partial charge in [0.05, 0.1) is 0 Å². The molecule has 0 spiro atoms. The Bertz CT molecular complexity index is 1020. The van der Waals surface area contributed by atoms with Crippen LogP contribution >= 0.6 is 0 Å². The van der Waals surface area contributed by atoms with Crippen LogP contribution in [0.3, 0.4) is 0 Å². The Hall–Kier alpha value is -3.08. The third-order valence-corrected chi connectivity index (χ3v) is 4.62. The van der Waals surface area contributed by atoms with Crippen molar-refractivity contribution in [1.82, 2.24) is 0 Å². The second kappa shape index (κ2) is 6.67. The Kier molecular flexibility index (Phi) is 4.21. The van der Waals surface area contributed by atoms with Crippen LogP contribution in [0.5, 0.6) is 11.5 Å². The maximum Gasteiger partial charge on any atom is 0.197 e. The molecule has 1 aliphatic rings. The molecular formula is C21H18O5. The van der Waals surface area contributed by atoms with Crippen LogP contribution < -0.4 is 10.2 Å². The highest BCUT2D eigenvalue weighted by Crippen LogP contribution is 2.32. The van der Waals surface area contributed by atoms with E-state index in [0.717, 1.165) is 18.4 Å². The van der Waals surface area contributed by atoms with Crippen LogP contribution in [-0.2, 0) is 4.79 Å². The molecule has 5 nitrogen and oxygen atoms in total. The minimum absolute atomic E-state index is 0.0651. The van der Waals surface area contributed by atoms with Crippen LogP contribution in [-0.4, -0.2) is 17.0 Å². The minimum Gasteiger partial charge on any atom is -0.507 e. The van der Waals surface area contributed by atoms with E-state index < -0.39 is 6.10 Å². The average molecular weight is 350 g/mol. The predicted octanol–water partition coefficient (Wildman–Crippen LogP) is 4.06. The van der Waals surface area contributed by atoms with Crippen molar-refractivity contribution in [2.75, 3.05) is 0 Å². The number of rotatable bonds is 3. The highest BCUT2D eigenvalue weighted by Gasteiger charge is 2.24. The van der Waals surface area contributed by atoms with Crippen LogP contribution in [0.4, 0.5) is 0 Å². The molecular weight excluding hydrogens is 332 g/mol. The lowest BCUT2D eigenvalue weighted by Crippen LogP contribution is -2.30. The molecule has 1 saturated carbocycles. The monoisotopic (exact) mass is 350 g/mol. The van der Waals surface area contributed by atoms with Gasteiger partial charge in [0.2, 0.25) is 0 Å². The number of hydrogen-bond donors (Lipinski definition) is 1. The third-order valence-electron chi connectivity index (χ3n) is 4.62. The Morgan fingerprint density at radius 1 is 1.04 bits per heavy atom. The van der Waals surface area contributed by atoms with Gasteiger partial charge in [-0.15, -0.1) is 0 Å². The van der Waals surface area contributed by atoms with Gasteiger partial charge in [0.1, 0.15) is 28.2 Å². The van der Waals surface area contributed by atoms with Crippen molar-refractivity contribution >= 4 is 16.8 Å². The van der Waals surface area contributed by atoms with E-state index in [1.807, 2.05) is 30.3 Å². The molecule has 0 unspecified atom stereocenters. The van der Waals surface area contributed by atoms with Crippen molar-refractivity contribution in [1.29, 1.82) is 0 Å². The standard InChI is InChI=1S/C21H18O5/c22-15-8-4-5-9-18(15)25-14-10-16(23)21-17(24)12-19(26-20(21)11-14)13-6-2-1-3-7-13/h1-3,6-7,10-12,18,23H,4-5,8-9H2/t18-/m0/s1. The zero-order chi connectivity index (χ0) is 18.1. The van der Waals surface area contributed by atoms with Gasteiger partial charge in [-0.1, -0.05) is 30.3 Å². The van der Waals surface area contributed by atoms with Crippen molar-refractivity contribution in [2.24, 2.45) is 0 Å². The summed E-state index contributed by atoms with van der Waals surface area (Å²) in [5, 5.41) is 10.4. The van der Waals surface area contributed by atoms with Crippen LogP contribution in [0.2, 0.25) is 0 Å². The molecule has 0 saturated heterocycles. The number of carbonyl (C=O) groups is 1. The van der Waals surface area contributed by atoms with Gasteiger partial charge < -0.3 is 14.3 Å². The van der Waals surface area contributed by atoms with Crippen LogP contribution in [0.15, 0.2) is 57.7 Å². The highest BCUT2D eigenvalue weighted by atomic mass is 16.5. The Labute approximate surface area is 149 Å². The van der Waals surface area contributed by atoms with Gasteiger partial charge in [0, 0.05) is 30.2 Å². The fraction of sp³-hybridized carbons (Fsp3) is 0.238. The molecule has 26 heavy (non-hydrogen) atoms. The molecule has 0 amide bonds. The molecule has 132 valence electrons. The molecule has 2 aromatic carbocycles. The SMILES string of the molecule is O=C1CCCC[C@@H]1Oc1cc(O)c2c(=O)cc(-c3ccccc3)oc2c1. The number of carbonyl (C=O) groups excluding carboxylic acids is 1. The molecule has 0 radical (unpaired) electrons. The largest absolute Gasteiger partial charge is 0.507 e. The summed E-state index contributed by atoms with van der Waals surface area (Å²) < 4.78 is 11.6. The van der Waals surface area contributed by atoms with E-state index in [-0.39, 0.29) is 27.9 Å². The number of fused-ring (bicyclic) bond motifs is 1. The maximum atomic E-state index is 12.4. The van der Waals surface area contributed by atoms with E-state index in [9.17, 15) is 14.7 Å². The summed E-state index contributed by atoms with van der Waals surface area (Å²) in [4.78, 5) is 24.4. The molecule has 3 aromatic rings. The summed E-state index contributed by atoms with van der Waals surface area (Å²) in [5.41, 5.74) is 0.664. The Balaban J connectivity index is 1.77. The zero-order valence-electron chi connectivity index (χ0n) is 14.1. The van der Waals surface area contributed by atoms with Crippen molar-refractivity contribution in [3.8, 4) is 22.8 Å². The number of benzene rings is 2. The fourth-order valence-electron chi connectivity index (χ4n) is 3.30. The van der Waals surface area contributed by atoms with Crippen molar-refractivity contribution < 1.29 is 19.1 Å². The summed E-state index contributed by atoms with van der Waals surface area (Å²) in [6.45, 7) is 0. The van der Waals surface area contributed by atoms with Crippen LogP contribution in [0, 0.1) is 0 Å².